The monoisotopic (exact) mass is 197 g/mol. The predicted octanol–water partition coefficient (Wildman–Crippen LogP) is 1.83. The van der Waals surface area contributed by atoms with Gasteiger partial charge in [0, 0.05) is 19.6 Å². The number of nitrogens with zero attached hydrogens (tertiary/aromatic N) is 2. The minimum atomic E-state index is 0.751. The number of nitrogens with two attached hydrogens (primary N) is 1. The van der Waals surface area contributed by atoms with Crippen LogP contribution >= 0.6 is 0 Å². The van der Waals surface area contributed by atoms with Gasteiger partial charge in [0.25, 0.3) is 0 Å². The van der Waals surface area contributed by atoms with Crippen LogP contribution in [-0.4, -0.2) is 30.5 Å². The summed E-state index contributed by atoms with van der Waals surface area (Å²) in [6.45, 7) is 7.45. The fraction of sp³-hybridized carbons (Fsp3) is 0.909. The first kappa shape index (κ1) is 11.3. The Bertz CT molecular complexity index is 181. The van der Waals surface area contributed by atoms with Crippen LogP contribution in [-0.2, 0) is 0 Å². The molecular formula is C11H23N3. The largest absolute Gasteiger partial charge is 0.370 e. The highest BCUT2D eigenvalue weighted by atomic mass is 15.3. The molecule has 0 aromatic rings. The number of piperidine rings is 1. The SMILES string of the molecule is CCCN=C(N)N1CCC(CC)CC1. The van der Waals surface area contributed by atoms with Crippen molar-refractivity contribution in [2.24, 2.45) is 16.6 Å². The summed E-state index contributed by atoms with van der Waals surface area (Å²) in [4.78, 5) is 6.56. The van der Waals surface area contributed by atoms with Crippen LogP contribution in [0.5, 0.6) is 0 Å². The third-order valence-corrected chi connectivity index (χ3v) is 3.01. The topological polar surface area (TPSA) is 41.6 Å². The van der Waals surface area contributed by atoms with Crippen LogP contribution in [0.2, 0.25) is 0 Å². The molecule has 14 heavy (non-hydrogen) atoms. The molecule has 0 radical (unpaired) electrons. The van der Waals surface area contributed by atoms with E-state index in [0.717, 1.165) is 37.9 Å². The molecule has 1 aliphatic heterocycles. The molecular weight excluding hydrogens is 174 g/mol. The molecule has 0 unspecified atom stereocenters. The van der Waals surface area contributed by atoms with Crippen molar-refractivity contribution in [2.75, 3.05) is 19.6 Å². The standard InChI is InChI=1S/C11H23N3/c1-3-7-13-11(12)14-8-5-10(4-2)6-9-14/h10H,3-9H2,1-2H3,(H2,12,13). The van der Waals surface area contributed by atoms with Gasteiger partial charge in [0.05, 0.1) is 0 Å². The lowest BCUT2D eigenvalue weighted by atomic mass is 9.95. The van der Waals surface area contributed by atoms with E-state index in [1.165, 1.54) is 19.3 Å². The van der Waals surface area contributed by atoms with Crippen molar-refractivity contribution in [1.29, 1.82) is 0 Å². The van der Waals surface area contributed by atoms with Gasteiger partial charge in [-0.3, -0.25) is 4.99 Å². The molecule has 3 heteroatoms. The van der Waals surface area contributed by atoms with Crippen molar-refractivity contribution in [3.63, 3.8) is 0 Å². The molecule has 1 rings (SSSR count). The van der Waals surface area contributed by atoms with Gasteiger partial charge in [-0.15, -0.1) is 0 Å². The molecule has 3 nitrogen and oxygen atoms in total. The maximum absolute atomic E-state index is 5.90. The number of hydrogen-bond donors (Lipinski definition) is 1. The summed E-state index contributed by atoms with van der Waals surface area (Å²) in [7, 11) is 0. The molecule has 0 aliphatic carbocycles. The molecule has 0 atom stereocenters. The van der Waals surface area contributed by atoms with E-state index in [1.54, 1.807) is 0 Å². The molecule has 0 aromatic heterocycles. The highest BCUT2D eigenvalue weighted by Crippen LogP contribution is 2.19. The van der Waals surface area contributed by atoms with E-state index >= 15 is 0 Å². The van der Waals surface area contributed by atoms with Crippen LogP contribution in [0.3, 0.4) is 0 Å². The van der Waals surface area contributed by atoms with Crippen molar-refractivity contribution in [1.82, 2.24) is 4.90 Å². The van der Waals surface area contributed by atoms with Gasteiger partial charge in [-0.2, -0.15) is 0 Å². The summed E-state index contributed by atoms with van der Waals surface area (Å²) >= 11 is 0. The molecule has 0 amide bonds. The third kappa shape index (κ3) is 3.20. The van der Waals surface area contributed by atoms with Gasteiger partial charge in [0.1, 0.15) is 0 Å². The fourth-order valence-corrected chi connectivity index (χ4v) is 1.90. The van der Waals surface area contributed by atoms with Gasteiger partial charge in [-0.05, 0) is 25.2 Å². The van der Waals surface area contributed by atoms with Crippen molar-refractivity contribution in [3.05, 3.63) is 0 Å². The van der Waals surface area contributed by atoms with Crippen LogP contribution in [0, 0.1) is 5.92 Å². The Labute approximate surface area is 87.4 Å². The maximum Gasteiger partial charge on any atom is 0.191 e. The molecule has 1 heterocycles. The molecule has 0 aromatic carbocycles. The third-order valence-electron chi connectivity index (χ3n) is 3.01. The zero-order valence-corrected chi connectivity index (χ0v) is 9.50. The lowest BCUT2D eigenvalue weighted by Crippen LogP contribution is -2.42. The van der Waals surface area contributed by atoms with Gasteiger partial charge in [-0.25, -0.2) is 0 Å². The summed E-state index contributed by atoms with van der Waals surface area (Å²) in [5.74, 6) is 1.66. The molecule has 82 valence electrons. The van der Waals surface area contributed by atoms with Crippen molar-refractivity contribution >= 4 is 5.96 Å². The molecule has 0 spiro atoms. The summed E-state index contributed by atoms with van der Waals surface area (Å²) in [5, 5.41) is 0. The Balaban J connectivity index is 2.33. The average Bonchev–Trinajstić information content (AvgIpc) is 2.26. The molecule has 1 aliphatic rings. The van der Waals surface area contributed by atoms with E-state index in [2.05, 4.69) is 23.7 Å². The normalized spacial score (nSPS) is 20.1. The number of guanidine groups is 1. The highest BCUT2D eigenvalue weighted by Gasteiger charge is 2.18. The van der Waals surface area contributed by atoms with Crippen LogP contribution < -0.4 is 5.73 Å². The Morgan fingerprint density at radius 3 is 2.50 bits per heavy atom. The lowest BCUT2D eigenvalue weighted by Gasteiger charge is -2.32. The zero-order valence-electron chi connectivity index (χ0n) is 9.50. The first-order chi connectivity index (χ1) is 6.77. The van der Waals surface area contributed by atoms with Gasteiger partial charge in [0.2, 0.25) is 0 Å². The van der Waals surface area contributed by atoms with E-state index in [4.69, 9.17) is 5.73 Å². The first-order valence-electron chi connectivity index (χ1n) is 5.82. The lowest BCUT2D eigenvalue weighted by molar-refractivity contribution is 0.259. The Kier molecular flexibility index (Phi) is 4.77. The quantitative estimate of drug-likeness (QED) is 0.554. The van der Waals surface area contributed by atoms with Gasteiger partial charge < -0.3 is 10.6 Å². The Morgan fingerprint density at radius 1 is 1.36 bits per heavy atom. The van der Waals surface area contributed by atoms with Gasteiger partial charge in [-0.1, -0.05) is 20.3 Å². The van der Waals surface area contributed by atoms with Crippen LogP contribution in [0.1, 0.15) is 39.5 Å². The number of aliphatic imine (C=N–C) groups is 1. The van der Waals surface area contributed by atoms with Crippen molar-refractivity contribution < 1.29 is 0 Å². The van der Waals surface area contributed by atoms with E-state index in [-0.39, 0.29) is 0 Å². The summed E-state index contributed by atoms with van der Waals surface area (Å²) in [6.07, 6.45) is 4.93. The van der Waals surface area contributed by atoms with Crippen LogP contribution in [0.15, 0.2) is 4.99 Å². The number of likely N-dealkylation sites (tertiary alicyclic amines) is 1. The molecule has 2 N–H and O–H groups in total. The minimum absolute atomic E-state index is 0.751. The highest BCUT2D eigenvalue weighted by molar-refractivity contribution is 5.78. The second-order valence-corrected chi connectivity index (χ2v) is 4.08. The number of hydrogen-bond acceptors (Lipinski definition) is 1. The van der Waals surface area contributed by atoms with Crippen molar-refractivity contribution in [2.45, 2.75) is 39.5 Å². The summed E-state index contributed by atoms with van der Waals surface area (Å²) in [5.41, 5.74) is 5.90. The minimum Gasteiger partial charge on any atom is -0.370 e. The second kappa shape index (κ2) is 5.89. The summed E-state index contributed by atoms with van der Waals surface area (Å²) < 4.78 is 0. The van der Waals surface area contributed by atoms with E-state index < -0.39 is 0 Å². The fourth-order valence-electron chi connectivity index (χ4n) is 1.90. The Hall–Kier alpha value is -0.730. The first-order valence-corrected chi connectivity index (χ1v) is 5.82. The summed E-state index contributed by atoms with van der Waals surface area (Å²) in [6, 6.07) is 0. The smallest absolute Gasteiger partial charge is 0.191 e. The number of rotatable bonds is 3. The van der Waals surface area contributed by atoms with Gasteiger partial charge in [0.15, 0.2) is 5.96 Å². The van der Waals surface area contributed by atoms with E-state index in [1.807, 2.05) is 0 Å². The molecule has 0 saturated carbocycles. The van der Waals surface area contributed by atoms with Crippen LogP contribution in [0.25, 0.3) is 0 Å². The zero-order chi connectivity index (χ0) is 10.4. The second-order valence-electron chi connectivity index (χ2n) is 4.08. The Morgan fingerprint density at radius 2 is 2.00 bits per heavy atom. The van der Waals surface area contributed by atoms with Crippen LogP contribution in [0.4, 0.5) is 0 Å². The van der Waals surface area contributed by atoms with Crippen molar-refractivity contribution in [3.8, 4) is 0 Å². The van der Waals surface area contributed by atoms with E-state index in [0.29, 0.717) is 0 Å². The van der Waals surface area contributed by atoms with Gasteiger partial charge >= 0.3 is 0 Å². The molecule has 1 fully saturated rings. The van der Waals surface area contributed by atoms with E-state index in [9.17, 15) is 0 Å². The predicted molar refractivity (Wildman–Crippen MR) is 61.4 cm³/mol. The average molecular weight is 197 g/mol. The molecule has 0 bridgehead atoms. The molecule has 1 saturated heterocycles. The maximum atomic E-state index is 5.90.